The molecule has 0 saturated heterocycles. The number of aryl methyl sites for hydroxylation is 1. The van der Waals surface area contributed by atoms with E-state index in [-0.39, 0.29) is 11.3 Å². The molecule has 96 valence electrons. The molecule has 0 fully saturated rings. The summed E-state index contributed by atoms with van der Waals surface area (Å²) in [5, 5.41) is 6.99. The number of hydrogen-bond donors (Lipinski definition) is 1. The second-order valence-electron chi connectivity index (χ2n) is 5.16. The molecule has 0 aromatic carbocycles. The van der Waals surface area contributed by atoms with Crippen molar-refractivity contribution in [3.8, 4) is 0 Å². The number of nitrogens with zero attached hydrogens (tertiary/aromatic N) is 2. The summed E-state index contributed by atoms with van der Waals surface area (Å²) in [4.78, 5) is 11.6. The number of carbonyl (C=O) groups is 1. The van der Waals surface area contributed by atoms with Gasteiger partial charge in [-0.3, -0.25) is 9.48 Å². The molecule has 1 N–H and O–H groups in total. The molecule has 1 amide bonds. The highest BCUT2D eigenvalue weighted by Gasteiger charge is 2.21. The highest BCUT2D eigenvalue weighted by atomic mass is 16.5. The lowest BCUT2D eigenvalue weighted by molar-refractivity contribution is -0.124. The molecule has 1 rings (SSSR count). The molecule has 0 saturated carbocycles. The summed E-state index contributed by atoms with van der Waals surface area (Å²) in [7, 11) is 3.37. The number of rotatable bonds is 3. The molecular weight excluding hydrogens is 218 g/mol. The molecule has 1 heterocycles. The smallest absolute Gasteiger partial charge is 0.254 e. The number of hydrogen-bond acceptors (Lipinski definition) is 3. The van der Waals surface area contributed by atoms with Gasteiger partial charge in [0, 0.05) is 31.3 Å². The summed E-state index contributed by atoms with van der Waals surface area (Å²) in [6.07, 6.45) is -0.477. The van der Waals surface area contributed by atoms with Crippen LogP contribution in [0.5, 0.6) is 0 Å². The Morgan fingerprint density at radius 1 is 1.53 bits per heavy atom. The van der Waals surface area contributed by atoms with Crippen molar-refractivity contribution in [3.05, 3.63) is 11.8 Å². The molecule has 0 aliphatic carbocycles. The third kappa shape index (κ3) is 3.30. The Kier molecular flexibility index (Phi) is 3.93. The van der Waals surface area contributed by atoms with Gasteiger partial charge in [-0.25, -0.2) is 0 Å². The van der Waals surface area contributed by atoms with E-state index < -0.39 is 6.10 Å². The van der Waals surface area contributed by atoms with E-state index in [1.807, 2.05) is 13.1 Å². The maximum atomic E-state index is 11.6. The molecule has 0 spiro atoms. The standard InChI is InChI=1S/C12H21N3O2/c1-8(17-6)11(16)13-10-7-9(12(2,3)4)15(5)14-10/h7-8H,1-6H3,(H,13,14,16). The Morgan fingerprint density at radius 3 is 2.53 bits per heavy atom. The first-order valence-electron chi connectivity index (χ1n) is 5.64. The van der Waals surface area contributed by atoms with Crippen molar-refractivity contribution in [3.63, 3.8) is 0 Å². The second kappa shape index (κ2) is 4.87. The van der Waals surface area contributed by atoms with E-state index in [9.17, 15) is 4.79 Å². The minimum Gasteiger partial charge on any atom is -0.372 e. The quantitative estimate of drug-likeness (QED) is 0.873. The van der Waals surface area contributed by atoms with Crippen LogP contribution in [0.1, 0.15) is 33.4 Å². The Labute approximate surface area is 102 Å². The number of aromatic nitrogens is 2. The largest absolute Gasteiger partial charge is 0.372 e. The van der Waals surface area contributed by atoms with Crippen LogP contribution in [0.4, 0.5) is 5.82 Å². The normalized spacial score (nSPS) is 13.5. The Balaban J connectivity index is 2.85. The van der Waals surface area contributed by atoms with E-state index in [0.29, 0.717) is 5.82 Å². The first-order chi connectivity index (χ1) is 7.75. The summed E-state index contributed by atoms with van der Waals surface area (Å²) >= 11 is 0. The SMILES string of the molecule is COC(C)C(=O)Nc1cc(C(C)(C)C)n(C)n1. The van der Waals surface area contributed by atoms with Crippen LogP contribution in [0, 0.1) is 0 Å². The highest BCUT2D eigenvalue weighted by molar-refractivity contribution is 5.93. The molecule has 0 aliphatic heterocycles. The van der Waals surface area contributed by atoms with E-state index in [2.05, 4.69) is 31.2 Å². The van der Waals surface area contributed by atoms with Crippen LogP contribution in [-0.2, 0) is 22.0 Å². The van der Waals surface area contributed by atoms with E-state index in [1.54, 1.807) is 11.6 Å². The number of nitrogens with one attached hydrogen (secondary N) is 1. The predicted molar refractivity (Wildman–Crippen MR) is 67.0 cm³/mol. The molecule has 1 aromatic heterocycles. The molecule has 1 atom stereocenters. The Morgan fingerprint density at radius 2 is 2.12 bits per heavy atom. The molecule has 0 radical (unpaired) electrons. The summed E-state index contributed by atoms with van der Waals surface area (Å²) in [5.41, 5.74) is 1.07. The zero-order valence-electron chi connectivity index (χ0n) is 11.4. The minimum atomic E-state index is -0.477. The molecule has 1 aromatic rings. The second-order valence-corrected chi connectivity index (χ2v) is 5.16. The first kappa shape index (κ1) is 13.7. The van der Waals surface area contributed by atoms with Crippen LogP contribution >= 0.6 is 0 Å². The van der Waals surface area contributed by atoms with E-state index in [0.717, 1.165) is 5.69 Å². The summed E-state index contributed by atoms with van der Waals surface area (Å²) in [6.45, 7) is 8.01. The van der Waals surface area contributed by atoms with Gasteiger partial charge in [-0.15, -0.1) is 0 Å². The molecule has 0 aliphatic rings. The van der Waals surface area contributed by atoms with Crippen molar-refractivity contribution >= 4 is 11.7 Å². The van der Waals surface area contributed by atoms with Crippen molar-refractivity contribution in [1.82, 2.24) is 9.78 Å². The number of carbonyl (C=O) groups excluding carboxylic acids is 1. The zero-order chi connectivity index (χ0) is 13.2. The Bertz CT molecular complexity index is 404. The molecule has 5 nitrogen and oxygen atoms in total. The average molecular weight is 239 g/mol. The van der Waals surface area contributed by atoms with Gasteiger partial charge in [0.2, 0.25) is 0 Å². The minimum absolute atomic E-state index is 0.00238. The molecular formula is C12H21N3O2. The van der Waals surface area contributed by atoms with Crippen molar-refractivity contribution in [2.24, 2.45) is 7.05 Å². The molecule has 17 heavy (non-hydrogen) atoms. The summed E-state index contributed by atoms with van der Waals surface area (Å²) in [6, 6.07) is 1.89. The third-order valence-electron chi connectivity index (χ3n) is 2.62. The summed E-state index contributed by atoms with van der Waals surface area (Å²) in [5.74, 6) is 0.373. The number of amides is 1. The predicted octanol–water partition coefficient (Wildman–Crippen LogP) is 1.69. The van der Waals surface area contributed by atoms with Crippen LogP contribution < -0.4 is 5.32 Å². The van der Waals surface area contributed by atoms with Crippen molar-refractivity contribution < 1.29 is 9.53 Å². The molecule has 1 unspecified atom stereocenters. The lowest BCUT2D eigenvalue weighted by Gasteiger charge is -2.17. The highest BCUT2D eigenvalue weighted by Crippen LogP contribution is 2.24. The van der Waals surface area contributed by atoms with Gasteiger partial charge in [0.05, 0.1) is 0 Å². The Hall–Kier alpha value is -1.36. The van der Waals surface area contributed by atoms with E-state index in [4.69, 9.17) is 4.74 Å². The fourth-order valence-electron chi connectivity index (χ4n) is 1.57. The maximum absolute atomic E-state index is 11.6. The number of anilines is 1. The number of methoxy groups -OCH3 is 1. The van der Waals surface area contributed by atoms with Crippen LogP contribution in [0.2, 0.25) is 0 Å². The maximum Gasteiger partial charge on any atom is 0.254 e. The van der Waals surface area contributed by atoms with Crippen molar-refractivity contribution in [1.29, 1.82) is 0 Å². The van der Waals surface area contributed by atoms with E-state index in [1.165, 1.54) is 7.11 Å². The van der Waals surface area contributed by atoms with E-state index >= 15 is 0 Å². The van der Waals surface area contributed by atoms with Gasteiger partial charge in [-0.2, -0.15) is 5.10 Å². The zero-order valence-corrected chi connectivity index (χ0v) is 11.4. The lowest BCUT2D eigenvalue weighted by Crippen LogP contribution is -2.26. The van der Waals surface area contributed by atoms with Crippen molar-refractivity contribution in [2.75, 3.05) is 12.4 Å². The van der Waals surface area contributed by atoms with Crippen molar-refractivity contribution in [2.45, 2.75) is 39.2 Å². The van der Waals surface area contributed by atoms with Gasteiger partial charge in [-0.1, -0.05) is 20.8 Å². The topological polar surface area (TPSA) is 56.1 Å². The van der Waals surface area contributed by atoms with Gasteiger partial charge >= 0.3 is 0 Å². The molecule has 0 bridgehead atoms. The van der Waals surface area contributed by atoms with Crippen LogP contribution in [0.15, 0.2) is 6.07 Å². The average Bonchev–Trinajstić information content (AvgIpc) is 2.57. The van der Waals surface area contributed by atoms with Gasteiger partial charge in [0.25, 0.3) is 5.91 Å². The van der Waals surface area contributed by atoms with Gasteiger partial charge in [0.15, 0.2) is 5.82 Å². The molecule has 5 heteroatoms. The van der Waals surface area contributed by atoms with Crippen LogP contribution in [0.3, 0.4) is 0 Å². The van der Waals surface area contributed by atoms with Crippen LogP contribution in [0.25, 0.3) is 0 Å². The fourth-order valence-corrected chi connectivity index (χ4v) is 1.57. The van der Waals surface area contributed by atoms with Crippen LogP contribution in [-0.4, -0.2) is 28.9 Å². The van der Waals surface area contributed by atoms with Gasteiger partial charge in [0.1, 0.15) is 6.10 Å². The summed E-state index contributed by atoms with van der Waals surface area (Å²) < 4.78 is 6.73. The fraction of sp³-hybridized carbons (Fsp3) is 0.667. The van der Waals surface area contributed by atoms with Gasteiger partial charge < -0.3 is 10.1 Å². The lowest BCUT2D eigenvalue weighted by atomic mass is 9.92. The third-order valence-corrected chi connectivity index (χ3v) is 2.62. The first-order valence-corrected chi connectivity index (χ1v) is 5.64. The van der Waals surface area contributed by atoms with Gasteiger partial charge in [-0.05, 0) is 6.92 Å². The number of ether oxygens (including phenoxy) is 1. The monoisotopic (exact) mass is 239 g/mol.